The number of fused-ring (bicyclic) bond motifs is 3. The Morgan fingerprint density at radius 1 is 0.794 bits per heavy atom. The number of benzene rings is 2. The summed E-state index contributed by atoms with van der Waals surface area (Å²) in [6.07, 6.45) is 10.2. The van der Waals surface area contributed by atoms with E-state index in [0.29, 0.717) is 0 Å². The fraction of sp³-hybridized carbons (Fsp3) is 0.290. The van der Waals surface area contributed by atoms with Crippen molar-refractivity contribution in [3.8, 4) is 22.5 Å². The topological polar surface area (TPSA) is 30.7 Å². The van der Waals surface area contributed by atoms with Crippen LogP contribution in [0.2, 0.25) is 0 Å². The van der Waals surface area contributed by atoms with Gasteiger partial charge in [-0.15, -0.1) is 0 Å². The molecule has 5 aromatic rings. The molecule has 3 heterocycles. The molecule has 3 heteroatoms. The van der Waals surface area contributed by atoms with Crippen LogP contribution in [-0.4, -0.2) is 14.5 Å². The van der Waals surface area contributed by atoms with Crippen molar-refractivity contribution in [2.75, 3.05) is 0 Å². The molecule has 3 nitrogen and oxygen atoms in total. The van der Waals surface area contributed by atoms with E-state index < -0.39 is 0 Å². The minimum absolute atomic E-state index is 0.791. The predicted molar refractivity (Wildman–Crippen MR) is 144 cm³/mol. The number of hydrogen-bond donors (Lipinski definition) is 0. The van der Waals surface area contributed by atoms with Crippen LogP contribution in [0.1, 0.15) is 45.1 Å². The first-order valence-corrected chi connectivity index (χ1v) is 12.6. The molecular formula is C31H33N3. The Kier molecular flexibility index (Phi) is 6.44. The highest BCUT2D eigenvalue weighted by atomic mass is 14.9. The van der Waals surface area contributed by atoms with E-state index in [1.54, 1.807) is 0 Å². The molecule has 0 N–H and O–H groups in total. The molecule has 34 heavy (non-hydrogen) atoms. The second-order valence-corrected chi connectivity index (χ2v) is 9.41. The van der Waals surface area contributed by atoms with Crippen LogP contribution in [0.4, 0.5) is 0 Å². The third-order valence-electron chi connectivity index (χ3n) is 7.17. The minimum Gasteiger partial charge on any atom is -0.342 e. The maximum atomic E-state index is 4.69. The van der Waals surface area contributed by atoms with E-state index in [0.717, 1.165) is 22.8 Å². The number of unbranched alkanes of at least 4 members (excludes halogenated alkanes) is 1. The number of nitrogens with zero attached hydrogens (tertiary/aromatic N) is 3. The minimum atomic E-state index is 0.791. The second kappa shape index (κ2) is 9.80. The molecule has 5 rings (SSSR count). The van der Waals surface area contributed by atoms with Crippen molar-refractivity contribution in [2.45, 2.75) is 46.0 Å². The lowest BCUT2D eigenvalue weighted by Gasteiger charge is -2.14. The van der Waals surface area contributed by atoms with E-state index in [1.165, 1.54) is 65.1 Å². The van der Waals surface area contributed by atoms with Gasteiger partial charge in [-0.2, -0.15) is 0 Å². The average Bonchev–Trinajstić information content (AvgIpc) is 3.18. The molecule has 3 aromatic heterocycles. The number of rotatable bonds is 8. The first-order chi connectivity index (χ1) is 16.7. The van der Waals surface area contributed by atoms with Crippen molar-refractivity contribution in [3.63, 3.8) is 0 Å². The van der Waals surface area contributed by atoms with E-state index >= 15 is 0 Å². The van der Waals surface area contributed by atoms with Gasteiger partial charge in [0.15, 0.2) is 0 Å². The molecule has 0 radical (unpaired) electrons. The Morgan fingerprint density at radius 3 is 2.32 bits per heavy atom. The molecule has 0 saturated carbocycles. The van der Waals surface area contributed by atoms with Crippen LogP contribution in [0.3, 0.4) is 0 Å². The van der Waals surface area contributed by atoms with Crippen molar-refractivity contribution in [1.82, 2.24) is 14.5 Å². The summed E-state index contributed by atoms with van der Waals surface area (Å²) in [6, 6.07) is 24.1. The summed E-state index contributed by atoms with van der Waals surface area (Å²) in [6.45, 7) is 4.60. The molecule has 0 fully saturated rings. The fourth-order valence-corrected chi connectivity index (χ4v) is 5.05. The molecule has 0 aliphatic heterocycles. The van der Waals surface area contributed by atoms with Crippen molar-refractivity contribution in [3.05, 3.63) is 84.7 Å². The van der Waals surface area contributed by atoms with Gasteiger partial charge in [-0.3, -0.25) is 9.97 Å². The summed E-state index contributed by atoms with van der Waals surface area (Å²) in [7, 11) is 2.12. The van der Waals surface area contributed by atoms with Gasteiger partial charge in [-0.1, -0.05) is 75.9 Å². The highest BCUT2D eigenvalue weighted by molar-refractivity contribution is 6.09. The molecule has 1 unspecified atom stereocenters. The Morgan fingerprint density at radius 2 is 1.59 bits per heavy atom. The summed E-state index contributed by atoms with van der Waals surface area (Å²) in [5.74, 6) is 0.791. The summed E-state index contributed by atoms with van der Waals surface area (Å²) >= 11 is 0. The van der Waals surface area contributed by atoms with Gasteiger partial charge < -0.3 is 4.57 Å². The van der Waals surface area contributed by atoms with E-state index in [2.05, 4.69) is 84.0 Å². The highest BCUT2D eigenvalue weighted by Crippen LogP contribution is 2.33. The SMILES string of the molecule is CCCCC(CC)Cc1ccc(-c2ccc3c(c2)c2cc(-c4ccccn4)ncc2n3C)cc1. The van der Waals surface area contributed by atoms with Gasteiger partial charge in [0, 0.05) is 29.5 Å². The Bertz CT molecular complexity index is 1400. The van der Waals surface area contributed by atoms with Gasteiger partial charge in [0.2, 0.25) is 0 Å². The third kappa shape index (κ3) is 4.35. The van der Waals surface area contributed by atoms with Crippen LogP contribution >= 0.6 is 0 Å². The van der Waals surface area contributed by atoms with E-state index in [-0.39, 0.29) is 0 Å². The fourth-order valence-electron chi connectivity index (χ4n) is 5.05. The number of hydrogen-bond acceptors (Lipinski definition) is 2. The van der Waals surface area contributed by atoms with Crippen LogP contribution in [-0.2, 0) is 13.5 Å². The summed E-state index contributed by atoms with van der Waals surface area (Å²) < 4.78 is 2.23. The maximum absolute atomic E-state index is 4.69. The Balaban J connectivity index is 1.49. The van der Waals surface area contributed by atoms with Crippen molar-refractivity contribution in [2.24, 2.45) is 13.0 Å². The predicted octanol–water partition coefficient (Wildman–Crippen LogP) is 8.21. The lowest BCUT2D eigenvalue weighted by molar-refractivity contribution is 0.449. The molecule has 1 atom stereocenters. The molecule has 172 valence electrons. The lowest BCUT2D eigenvalue weighted by Crippen LogP contribution is -2.03. The van der Waals surface area contributed by atoms with Crippen LogP contribution in [0.15, 0.2) is 79.1 Å². The number of pyridine rings is 2. The monoisotopic (exact) mass is 447 g/mol. The maximum Gasteiger partial charge on any atom is 0.0893 e. The summed E-state index contributed by atoms with van der Waals surface area (Å²) in [5, 5.41) is 2.47. The second-order valence-electron chi connectivity index (χ2n) is 9.41. The normalized spacial score (nSPS) is 12.4. The molecule has 0 spiro atoms. The first kappa shape index (κ1) is 22.3. The highest BCUT2D eigenvalue weighted by Gasteiger charge is 2.13. The lowest BCUT2D eigenvalue weighted by atomic mass is 9.91. The Hall–Kier alpha value is -3.46. The van der Waals surface area contributed by atoms with Gasteiger partial charge in [0.05, 0.1) is 23.1 Å². The van der Waals surface area contributed by atoms with E-state index in [4.69, 9.17) is 0 Å². The van der Waals surface area contributed by atoms with Gasteiger partial charge in [-0.05, 0) is 59.4 Å². The summed E-state index contributed by atoms with van der Waals surface area (Å²) in [4.78, 5) is 9.18. The zero-order valence-corrected chi connectivity index (χ0v) is 20.5. The zero-order valence-electron chi connectivity index (χ0n) is 20.5. The Labute approximate surface area is 202 Å². The quantitative estimate of drug-likeness (QED) is 0.240. The van der Waals surface area contributed by atoms with Crippen molar-refractivity contribution < 1.29 is 0 Å². The van der Waals surface area contributed by atoms with E-state index in [1.807, 2.05) is 30.6 Å². The van der Waals surface area contributed by atoms with Crippen molar-refractivity contribution in [1.29, 1.82) is 0 Å². The van der Waals surface area contributed by atoms with Crippen LogP contribution < -0.4 is 0 Å². The molecule has 0 bridgehead atoms. The first-order valence-electron chi connectivity index (χ1n) is 12.6. The largest absolute Gasteiger partial charge is 0.342 e. The van der Waals surface area contributed by atoms with E-state index in [9.17, 15) is 0 Å². The smallest absolute Gasteiger partial charge is 0.0893 e. The van der Waals surface area contributed by atoms with Gasteiger partial charge >= 0.3 is 0 Å². The molecule has 0 aliphatic carbocycles. The average molecular weight is 448 g/mol. The van der Waals surface area contributed by atoms with Gasteiger partial charge in [0.1, 0.15) is 0 Å². The van der Waals surface area contributed by atoms with Gasteiger partial charge in [0.25, 0.3) is 0 Å². The molecule has 0 saturated heterocycles. The molecule has 0 amide bonds. The molecular weight excluding hydrogens is 414 g/mol. The summed E-state index contributed by atoms with van der Waals surface area (Å²) in [5.41, 5.74) is 8.13. The standard InChI is InChI=1S/C31H33N3/c1-4-6-9-22(5-2)18-23-11-13-24(14-12-23)25-15-16-30-26(19-25)27-20-29(28-10-7-8-17-32-28)33-21-31(27)34(30)3/h7-8,10-17,19-22H,4-6,9,18H2,1-3H3. The van der Waals surface area contributed by atoms with Crippen LogP contribution in [0.5, 0.6) is 0 Å². The van der Waals surface area contributed by atoms with Crippen molar-refractivity contribution >= 4 is 21.8 Å². The third-order valence-corrected chi connectivity index (χ3v) is 7.17. The number of aryl methyl sites for hydroxylation is 1. The zero-order chi connectivity index (χ0) is 23.5. The van der Waals surface area contributed by atoms with Crippen LogP contribution in [0, 0.1) is 5.92 Å². The van der Waals surface area contributed by atoms with Gasteiger partial charge in [-0.25, -0.2) is 0 Å². The molecule has 2 aromatic carbocycles. The molecule has 0 aliphatic rings. The number of aromatic nitrogens is 3. The van der Waals surface area contributed by atoms with Crippen LogP contribution in [0.25, 0.3) is 44.3 Å².